The molecule has 3 aliphatic rings. The van der Waals surface area contributed by atoms with Crippen molar-refractivity contribution in [2.75, 3.05) is 78.6 Å². The number of carbonyl (C=O) groups is 17. The molecule has 0 spiro atoms. The van der Waals surface area contributed by atoms with Crippen molar-refractivity contribution in [3.63, 3.8) is 0 Å². The van der Waals surface area contributed by atoms with Gasteiger partial charge in [0, 0.05) is 107 Å². The second-order valence-electron chi connectivity index (χ2n) is 31.7. The zero-order valence-corrected chi connectivity index (χ0v) is 72.3. The van der Waals surface area contributed by atoms with Crippen LogP contribution in [-0.4, -0.2) is 319 Å². The highest BCUT2D eigenvalue weighted by molar-refractivity contribution is 8.00. The summed E-state index contributed by atoms with van der Waals surface area (Å²) in [5.41, 5.74) is 19.7. The fraction of sp³-hybridized carbons (Fsp3) is 0.536. The van der Waals surface area contributed by atoms with E-state index in [1.807, 2.05) is 0 Å². The molecule has 42 heteroatoms. The Bertz CT molecular complexity index is 4720. The fourth-order valence-electron chi connectivity index (χ4n) is 15.4. The summed E-state index contributed by atoms with van der Waals surface area (Å²) in [4.78, 5) is 257. The molecule has 22 N–H and O–H groups in total. The first-order chi connectivity index (χ1) is 60.1. The summed E-state index contributed by atoms with van der Waals surface area (Å²) in [5.74, 6) is -17.2. The van der Waals surface area contributed by atoms with Gasteiger partial charge in [0.05, 0.1) is 25.3 Å². The summed E-state index contributed by atoms with van der Waals surface area (Å²) in [5, 5.41) is 69.1. The number of amides is 17. The van der Waals surface area contributed by atoms with Crippen LogP contribution in [0.3, 0.4) is 0 Å². The van der Waals surface area contributed by atoms with E-state index in [1.54, 1.807) is 67.8 Å². The average Bonchev–Trinajstić information content (AvgIpc) is 1.54. The molecule has 686 valence electrons. The highest BCUT2D eigenvalue weighted by Crippen LogP contribution is 2.27. The number of hydrogen-bond acceptors (Lipinski definition) is 23. The number of primary amides is 2. The van der Waals surface area contributed by atoms with E-state index in [0.717, 1.165) is 36.3 Å². The van der Waals surface area contributed by atoms with E-state index in [4.69, 9.17) is 17.2 Å². The molecule has 8 rings (SSSR count). The molecule has 2 aromatic heterocycles. The van der Waals surface area contributed by atoms with Gasteiger partial charge in [-0.2, -0.15) is 0 Å². The van der Waals surface area contributed by atoms with Crippen molar-refractivity contribution in [1.82, 2.24) is 87.6 Å². The Hall–Kier alpha value is -12.3. The number of aromatic nitrogens is 2. The molecule has 0 bridgehead atoms. The number of aliphatic hydroxyl groups excluding tert-OH is 3. The second-order valence-corrected chi connectivity index (χ2v) is 32.7. The first-order valence-electron chi connectivity index (χ1n) is 42.1. The maximum absolute atomic E-state index is 15.2. The minimum absolute atomic E-state index is 0.00277. The number of H-pyrrole nitrogens is 2. The van der Waals surface area contributed by atoms with Crippen LogP contribution in [0, 0.1) is 0 Å². The number of nitrogens with two attached hydrogens (primary N) is 3. The summed E-state index contributed by atoms with van der Waals surface area (Å²) in [7, 11) is 3.82. The number of aromatic hydroxyl groups is 1. The number of thioether (sulfide) groups is 1. The van der Waals surface area contributed by atoms with Gasteiger partial charge in [-0.25, -0.2) is 0 Å². The lowest BCUT2D eigenvalue weighted by Gasteiger charge is -2.34. The maximum Gasteiger partial charge on any atom is 0.246 e. The molecule has 0 saturated carbocycles. The number of rotatable bonds is 23. The number of aliphatic hydroxyl groups is 3. The zero-order chi connectivity index (χ0) is 92.2. The van der Waals surface area contributed by atoms with Gasteiger partial charge >= 0.3 is 0 Å². The van der Waals surface area contributed by atoms with Crippen molar-refractivity contribution >= 4 is 134 Å². The molecule has 3 saturated heterocycles. The number of hydrogen-bond donors (Lipinski definition) is 19. The first-order valence-corrected chi connectivity index (χ1v) is 43.2. The number of phenolic OH excluding ortho intramolecular Hbond substituents is 1. The number of nitrogens with zero attached hydrogens (tertiary/aromatic N) is 5. The van der Waals surface area contributed by atoms with Crippen molar-refractivity contribution < 1.29 is 102 Å². The quantitative estimate of drug-likeness (QED) is 0.0274. The maximum atomic E-state index is 15.2. The van der Waals surface area contributed by atoms with E-state index in [1.165, 1.54) is 59.3 Å². The number of fused-ring (bicyclic) bond motifs is 4. The number of carbonyl (C=O) groups excluding carboxylic acids is 17. The largest absolute Gasteiger partial charge is 0.508 e. The molecule has 5 aromatic rings. The van der Waals surface area contributed by atoms with Crippen molar-refractivity contribution in [2.24, 2.45) is 17.2 Å². The van der Waals surface area contributed by atoms with E-state index >= 15 is 19.2 Å². The lowest BCUT2D eigenvalue weighted by atomic mass is 10.0. The van der Waals surface area contributed by atoms with Crippen LogP contribution >= 0.6 is 11.8 Å². The number of benzene rings is 3. The van der Waals surface area contributed by atoms with Crippen molar-refractivity contribution in [2.45, 2.75) is 208 Å². The molecule has 41 nitrogen and oxygen atoms in total. The summed E-state index contributed by atoms with van der Waals surface area (Å²) in [6, 6.07) is -1.91. The van der Waals surface area contributed by atoms with E-state index in [2.05, 4.69) is 63.1 Å². The third-order valence-corrected chi connectivity index (χ3v) is 23.8. The van der Waals surface area contributed by atoms with Gasteiger partial charge in [-0.1, -0.05) is 68.3 Å². The number of phenols is 1. The standard InChI is InChI=1S/C84H118N20O21S/c1-7-8-22-65-77(118)97-62(39-68(86)109)84(125)104-33-16-24-67(104)79(120)98-63(43-107)76(117)94-58(30-35-106)83(124)103-32-15-23-66(103)78(119)95-59(37-49-40-88-54-19-11-9-17-52(49)54)75(116)93-57(29-34-105)74(115)96-61(38-50-41-89-55-20-12-10-18-53(50)55)81(122)101(5)47(3)80(121)100(4)46(2)71(112)92-56(21-13-14-31-85)73(114)99-64(72(113)90-42-69(87)110)44-126-45-70(111)91-60(82(123)102(65)6)36-48-25-27-51(108)28-26-48/h9-12,17-20,25-28,40-41,46-47,56-67,88-89,105-108H,7-8,13-16,21-24,29-39,42-45,85H2,1-6H3,(H2,86,109)(H2,87,110)(H,90,113)(H,91,111)(H,92,112)(H,93,116)(H,94,117)(H,95,119)(H,96,115)(H,97,118)(H,98,120)(H,99,114)/t46-,47-,56-,57-,58-,59-,60-,61-,62+,63-,64-,65-,66-,67-/m0/s1. The smallest absolute Gasteiger partial charge is 0.246 e. The molecular formula is C84H118N20O21S. The van der Waals surface area contributed by atoms with Gasteiger partial charge in [0.25, 0.3) is 0 Å². The van der Waals surface area contributed by atoms with Gasteiger partial charge in [0.2, 0.25) is 100 Å². The molecule has 17 amide bonds. The van der Waals surface area contributed by atoms with Crippen molar-refractivity contribution in [3.05, 3.63) is 102 Å². The molecule has 0 radical (unpaired) electrons. The Morgan fingerprint density at radius 1 is 0.484 bits per heavy atom. The number of likely N-dealkylation sites (N-methyl/N-ethyl adjacent to an activating group) is 3. The van der Waals surface area contributed by atoms with Crippen molar-refractivity contribution in [3.8, 4) is 5.75 Å². The molecular weight excluding hydrogens is 1660 g/mol. The van der Waals surface area contributed by atoms with E-state index in [0.29, 0.717) is 57.8 Å². The Kier molecular flexibility index (Phi) is 37.5. The normalized spacial score (nSPS) is 25.1. The van der Waals surface area contributed by atoms with Crippen LogP contribution in [0.25, 0.3) is 21.8 Å². The van der Waals surface area contributed by atoms with Crippen LogP contribution in [0.5, 0.6) is 5.75 Å². The van der Waals surface area contributed by atoms with Crippen LogP contribution in [0.15, 0.2) is 85.2 Å². The van der Waals surface area contributed by atoms with Gasteiger partial charge in [-0.05, 0) is 126 Å². The van der Waals surface area contributed by atoms with E-state index in [-0.39, 0.29) is 89.6 Å². The second kappa shape index (κ2) is 47.7. The van der Waals surface area contributed by atoms with Gasteiger partial charge in [-0.15, -0.1) is 11.8 Å². The lowest BCUT2D eigenvalue weighted by Crippen LogP contribution is -2.61. The van der Waals surface area contributed by atoms with Gasteiger partial charge < -0.3 is 125 Å². The molecule has 0 aliphatic carbocycles. The van der Waals surface area contributed by atoms with Gasteiger partial charge in [0.1, 0.15) is 90.3 Å². The van der Waals surface area contributed by atoms with E-state index in [9.17, 15) is 82.8 Å². The molecule has 3 fully saturated rings. The third-order valence-electron chi connectivity index (χ3n) is 22.8. The Morgan fingerprint density at radius 3 is 1.54 bits per heavy atom. The van der Waals surface area contributed by atoms with E-state index < -0.39 is 242 Å². The molecule has 5 heterocycles. The highest BCUT2D eigenvalue weighted by Gasteiger charge is 2.45. The Balaban J connectivity index is 1.15. The third kappa shape index (κ3) is 26.9. The lowest BCUT2D eigenvalue weighted by molar-refractivity contribution is -0.148. The summed E-state index contributed by atoms with van der Waals surface area (Å²) < 4.78 is 0. The summed E-state index contributed by atoms with van der Waals surface area (Å²) in [6.45, 7) is 1.18. The molecule has 126 heavy (non-hydrogen) atoms. The highest BCUT2D eigenvalue weighted by atomic mass is 32.2. The molecule has 14 atom stereocenters. The topological polar surface area (TPSA) is 617 Å². The van der Waals surface area contributed by atoms with Crippen LogP contribution in [0.1, 0.15) is 121 Å². The predicted octanol–water partition coefficient (Wildman–Crippen LogP) is -4.45. The monoisotopic (exact) mass is 1770 g/mol. The van der Waals surface area contributed by atoms with Crippen LogP contribution in [0.4, 0.5) is 0 Å². The number of para-hydroxylation sites is 2. The van der Waals surface area contributed by atoms with Gasteiger partial charge in [0.15, 0.2) is 0 Å². The molecule has 3 aliphatic heterocycles. The minimum atomic E-state index is -1.85. The zero-order valence-electron chi connectivity index (χ0n) is 71.4. The van der Waals surface area contributed by atoms with Crippen LogP contribution in [0.2, 0.25) is 0 Å². The number of aromatic amines is 2. The molecule has 3 aromatic carbocycles. The Labute approximate surface area is 731 Å². The Morgan fingerprint density at radius 2 is 0.968 bits per heavy atom. The van der Waals surface area contributed by atoms with Crippen molar-refractivity contribution in [1.29, 1.82) is 0 Å². The van der Waals surface area contributed by atoms with Crippen LogP contribution < -0.4 is 70.4 Å². The minimum Gasteiger partial charge on any atom is -0.508 e. The predicted molar refractivity (Wildman–Crippen MR) is 460 cm³/mol. The fourth-order valence-corrected chi connectivity index (χ4v) is 16.3. The summed E-state index contributed by atoms with van der Waals surface area (Å²) >= 11 is 0.778. The van der Waals surface area contributed by atoms with Crippen LogP contribution in [-0.2, 0) is 101 Å². The number of unbranched alkanes of at least 4 members (excludes halogenated alkanes) is 2. The SMILES string of the molecule is CCCC[C@H]1C(=O)N[C@H](CC(N)=O)C(=O)N2CCC[C@H]2C(=O)N[C@@H](CO)C(=O)N[C@@H](CCO)C(=O)N2CCC[C@H]2C(=O)N[C@@H](Cc2c[nH]c3ccccc23)C(=O)N[C@@H](CCO)C(=O)N[C@@H](Cc2c[nH]c3ccccc23)C(=O)N(C)[C@@H](C)C(=O)N(C)[C@@H](C)C(=O)N[C@@H](CCCCN)C(=O)N[C@H](C(=O)NCC(N)=O)CSCC(=O)N[C@@H](Cc2ccc(O)cc2)C(=O)N1C. The summed E-state index contributed by atoms with van der Waals surface area (Å²) in [6.07, 6.45) is 2.21. The first kappa shape index (κ1) is 99.1. The number of nitrogens with one attached hydrogen (secondary N) is 12. The van der Waals surface area contributed by atoms with Gasteiger partial charge in [-0.3, -0.25) is 81.5 Å². The molecule has 0 unspecified atom stereocenters. The average molecular weight is 1780 g/mol.